The van der Waals surface area contributed by atoms with E-state index in [-0.39, 0.29) is 21.7 Å². The maximum Gasteiger partial charge on any atom is 0.243 e. The Morgan fingerprint density at radius 1 is 1.00 bits per heavy atom. The molecule has 0 bridgehead atoms. The molecule has 1 atom stereocenters. The molecule has 140 valence electrons. The first kappa shape index (κ1) is 20.5. The van der Waals surface area contributed by atoms with E-state index in [1.165, 1.54) is 17.8 Å². The molecule has 26 heavy (non-hydrogen) atoms. The summed E-state index contributed by atoms with van der Waals surface area (Å²) in [6, 6.07) is 16.0. The Kier molecular flexibility index (Phi) is 6.49. The lowest BCUT2D eigenvalue weighted by Crippen LogP contribution is -2.40. The Morgan fingerprint density at radius 2 is 1.58 bits per heavy atom. The van der Waals surface area contributed by atoms with Gasteiger partial charge in [0.2, 0.25) is 15.9 Å². The van der Waals surface area contributed by atoms with E-state index in [0.717, 1.165) is 4.90 Å². The molecule has 1 unspecified atom stereocenters. The average Bonchev–Trinajstić information content (AvgIpc) is 2.54. The first-order valence-corrected chi connectivity index (χ1v) is 10.6. The highest BCUT2D eigenvalue weighted by Crippen LogP contribution is 2.26. The van der Waals surface area contributed by atoms with Crippen LogP contribution in [0.3, 0.4) is 0 Å². The molecule has 0 aliphatic rings. The number of amides is 1. The van der Waals surface area contributed by atoms with Crippen molar-refractivity contribution < 1.29 is 13.2 Å². The Morgan fingerprint density at radius 3 is 2.19 bits per heavy atom. The SMILES string of the molecule is CC(Sc1ccccc1)C(=O)Nc1ccccc1S(=O)(=O)NC(C)(C)C. The maximum atomic E-state index is 12.6. The predicted octanol–water partition coefficient (Wildman–Crippen LogP) is 3.88. The molecule has 2 N–H and O–H groups in total. The number of benzene rings is 2. The van der Waals surface area contributed by atoms with Crippen molar-refractivity contribution in [3.05, 3.63) is 54.6 Å². The van der Waals surface area contributed by atoms with Gasteiger partial charge in [0.15, 0.2) is 0 Å². The molecule has 0 radical (unpaired) electrons. The Bertz CT molecular complexity index is 860. The van der Waals surface area contributed by atoms with Gasteiger partial charge in [-0.3, -0.25) is 4.79 Å². The van der Waals surface area contributed by atoms with Gasteiger partial charge in [0.05, 0.1) is 10.9 Å². The fourth-order valence-corrected chi connectivity index (χ4v) is 4.72. The van der Waals surface area contributed by atoms with E-state index >= 15 is 0 Å². The number of para-hydroxylation sites is 1. The number of carbonyl (C=O) groups is 1. The van der Waals surface area contributed by atoms with Crippen LogP contribution in [-0.2, 0) is 14.8 Å². The number of anilines is 1. The molecule has 0 aliphatic carbocycles. The largest absolute Gasteiger partial charge is 0.324 e. The molecule has 2 aromatic rings. The van der Waals surface area contributed by atoms with E-state index < -0.39 is 15.6 Å². The first-order valence-electron chi connectivity index (χ1n) is 8.24. The van der Waals surface area contributed by atoms with Gasteiger partial charge in [0, 0.05) is 10.4 Å². The fraction of sp³-hybridized carbons (Fsp3) is 0.316. The Labute approximate surface area is 159 Å². The number of nitrogens with one attached hydrogen (secondary N) is 2. The van der Waals surface area contributed by atoms with Gasteiger partial charge in [0.1, 0.15) is 4.90 Å². The molecule has 0 saturated heterocycles. The summed E-state index contributed by atoms with van der Waals surface area (Å²) in [4.78, 5) is 13.6. The lowest BCUT2D eigenvalue weighted by atomic mass is 10.1. The third kappa shape index (κ3) is 5.86. The third-order valence-electron chi connectivity index (χ3n) is 3.30. The normalized spacial score (nSPS) is 13.2. The van der Waals surface area contributed by atoms with Gasteiger partial charge < -0.3 is 5.32 Å². The average molecular weight is 393 g/mol. The quantitative estimate of drug-likeness (QED) is 0.732. The monoisotopic (exact) mass is 392 g/mol. The van der Waals surface area contributed by atoms with Crippen molar-refractivity contribution in [3.8, 4) is 0 Å². The van der Waals surface area contributed by atoms with Gasteiger partial charge in [-0.05, 0) is 52.0 Å². The standard InChI is InChI=1S/C19H24N2O3S2/c1-14(25-15-10-6-5-7-11-15)18(22)20-16-12-8-9-13-17(16)26(23,24)21-19(2,3)4/h5-14,21H,1-4H3,(H,20,22). The smallest absolute Gasteiger partial charge is 0.243 e. The minimum atomic E-state index is -3.75. The van der Waals surface area contributed by atoms with Gasteiger partial charge in [-0.1, -0.05) is 30.3 Å². The summed E-state index contributed by atoms with van der Waals surface area (Å²) in [5.41, 5.74) is -0.346. The molecule has 0 spiro atoms. The molecule has 2 aromatic carbocycles. The molecule has 0 aliphatic heterocycles. The van der Waals surface area contributed by atoms with Crippen molar-refractivity contribution in [2.75, 3.05) is 5.32 Å². The van der Waals surface area contributed by atoms with E-state index in [1.807, 2.05) is 30.3 Å². The zero-order valence-electron chi connectivity index (χ0n) is 15.3. The van der Waals surface area contributed by atoms with Crippen LogP contribution in [0.2, 0.25) is 0 Å². The van der Waals surface area contributed by atoms with Crippen LogP contribution in [-0.4, -0.2) is 25.1 Å². The van der Waals surface area contributed by atoms with Gasteiger partial charge >= 0.3 is 0 Å². The van der Waals surface area contributed by atoms with Crippen LogP contribution in [0.15, 0.2) is 64.4 Å². The van der Waals surface area contributed by atoms with Crippen molar-refractivity contribution >= 4 is 33.4 Å². The van der Waals surface area contributed by atoms with Crippen LogP contribution in [0, 0.1) is 0 Å². The first-order chi connectivity index (χ1) is 12.1. The molecule has 7 heteroatoms. The predicted molar refractivity (Wildman–Crippen MR) is 107 cm³/mol. The van der Waals surface area contributed by atoms with Crippen molar-refractivity contribution in [1.29, 1.82) is 0 Å². The van der Waals surface area contributed by atoms with Gasteiger partial charge in [-0.25, -0.2) is 13.1 Å². The minimum Gasteiger partial charge on any atom is -0.324 e. The molecule has 0 fully saturated rings. The zero-order valence-corrected chi connectivity index (χ0v) is 16.9. The minimum absolute atomic E-state index is 0.0557. The van der Waals surface area contributed by atoms with E-state index in [2.05, 4.69) is 10.0 Å². The summed E-state index contributed by atoms with van der Waals surface area (Å²) in [7, 11) is -3.75. The van der Waals surface area contributed by atoms with Crippen molar-refractivity contribution in [3.63, 3.8) is 0 Å². The summed E-state index contributed by atoms with van der Waals surface area (Å²) < 4.78 is 27.9. The Hall–Kier alpha value is -1.83. The molecule has 0 saturated carbocycles. The number of thioether (sulfide) groups is 1. The van der Waals surface area contributed by atoms with Gasteiger partial charge in [-0.15, -0.1) is 11.8 Å². The van der Waals surface area contributed by atoms with Crippen LogP contribution in [0.4, 0.5) is 5.69 Å². The number of carbonyl (C=O) groups excluding carboxylic acids is 1. The van der Waals surface area contributed by atoms with E-state index in [0.29, 0.717) is 0 Å². The van der Waals surface area contributed by atoms with Crippen molar-refractivity contribution in [2.24, 2.45) is 0 Å². The van der Waals surface area contributed by atoms with E-state index in [4.69, 9.17) is 0 Å². The molecular formula is C19H24N2O3S2. The number of hydrogen-bond donors (Lipinski definition) is 2. The highest BCUT2D eigenvalue weighted by molar-refractivity contribution is 8.00. The zero-order chi connectivity index (χ0) is 19.4. The highest BCUT2D eigenvalue weighted by Gasteiger charge is 2.25. The third-order valence-corrected chi connectivity index (χ3v) is 6.23. The maximum absolute atomic E-state index is 12.6. The van der Waals surface area contributed by atoms with Crippen LogP contribution in [0.1, 0.15) is 27.7 Å². The lowest BCUT2D eigenvalue weighted by molar-refractivity contribution is -0.115. The second-order valence-corrected chi connectivity index (χ2v) is 9.98. The number of hydrogen-bond acceptors (Lipinski definition) is 4. The van der Waals surface area contributed by atoms with E-state index in [9.17, 15) is 13.2 Å². The summed E-state index contributed by atoms with van der Waals surface area (Å²) in [6.45, 7) is 7.09. The molecule has 5 nitrogen and oxygen atoms in total. The summed E-state index contributed by atoms with van der Waals surface area (Å²) in [5.74, 6) is -0.253. The second-order valence-electron chi connectivity index (χ2n) is 6.91. The summed E-state index contributed by atoms with van der Waals surface area (Å²) in [6.07, 6.45) is 0. The molecule has 0 heterocycles. The van der Waals surface area contributed by atoms with Crippen LogP contribution in [0.5, 0.6) is 0 Å². The van der Waals surface area contributed by atoms with E-state index in [1.54, 1.807) is 45.9 Å². The summed E-state index contributed by atoms with van der Waals surface area (Å²) >= 11 is 1.42. The number of rotatable bonds is 6. The molecule has 0 aromatic heterocycles. The second kappa shape index (κ2) is 8.24. The molecule has 2 rings (SSSR count). The van der Waals surface area contributed by atoms with Crippen LogP contribution >= 0.6 is 11.8 Å². The summed E-state index contributed by atoms with van der Waals surface area (Å²) in [5, 5.41) is 2.37. The van der Waals surface area contributed by atoms with Gasteiger partial charge in [0.25, 0.3) is 0 Å². The van der Waals surface area contributed by atoms with Crippen LogP contribution in [0.25, 0.3) is 0 Å². The molecule has 1 amide bonds. The van der Waals surface area contributed by atoms with Crippen molar-refractivity contribution in [2.45, 2.75) is 48.3 Å². The van der Waals surface area contributed by atoms with Gasteiger partial charge in [-0.2, -0.15) is 0 Å². The van der Waals surface area contributed by atoms with Crippen molar-refractivity contribution in [1.82, 2.24) is 4.72 Å². The number of sulfonamides is 1. The lowest BCUT2D eigenvalue weighted by Gasteiger charge is -2.22. The topological polar surface area (TPSA) is 75.3 Å². The molecular weight excluding hydrogens is 368 g/mol. The fourth-order valence-electron chi connectivity index (χ4n) is 2.25. The van der Waals surface area contributed by atoms with Crippen LogP contribution < -0.4 is 10.0 Å². The highest BCUT2D eigenvalue weighted by atomic mass is 32.2. The Balaban J connectivity index is 2.18.